The molecular weight excluding hydrogens is 1830 g/mol. The number of ketones is 8. The van der Waals surface area contributed by atoms with Crippen LogP contribution in [0.1, 0.15) is 147 Å². The van der Waals surface area contributed by atoms with Gasteiger partial charge in [-0.3, -0.25) is 72.3 Å². The predicted molar refractivity (Wildman–Crippen MR) is 490 cm³/mol. The van der Waals surface area contributed by atoms with Crippen LogP contribution in [0.25, 0.3) is 0 Å². The molecule has 0 saturated carbocycles. The Bertz CT molecular complexity index is 5730. The zero-order chi connectivity index (χ0) is 92.7. The number of likely N-dealkylation sites (tertiary alicyclic amines) is 4. The minimum absolute atomic E-state index is 0.0502. The number of hydrogen-bond acceptors (Lipinski definition) is 32. The molecule has 0 radical (unpaired) electrons. The molecule has 0 aliphatic carbocycles. The Hall–Kier alpha value is -10.8. The molecule has 8 atom stereocenters. The van der Waals surface area contributed by atoms with Crippen molar-refractivity contribution in [3.05, 3.63) is 273 Å². The van der Waals surface area contributed by atoms with Crippen LogP contribution in [-0.4, -0.2) is 240 Å². The van der Waals surface area contributed by atoms with Gasteiger partial charge in [0.05, 0.1) is 26.2 Å². The second-order valence-corrected chi connectivity index (χ2v) is 39.0. The smallest absolute Gasteiger partial charge is 0.236 e. The Labute approximate surface area is 778 Å². The third kappa shape index (κ3) is 22.3. The molecule has 0 unspecified atom stereocenters. The van der Waals surface area contributed by atoms with Gasteiger partial charge >= 0.3 is 0 Å². The summed E-state index contributed by atoms with van der Waals surface area (Å²) in [7, 11) is 4.88. The maximum Gasteiger partial charge on any atom is 0.236 e. The topological polar surface area (TPSA) is 365 Å². The SMILES string of the molecule is CNC(=O)CN1C[C@H](C(=O)c2nccs2)C(c2cccc(F)c2C)[C@@H](C(=O)c2nccs2)C1.Cc1c(F)cccc1C1[C@@H](C(=O)c2nccs2)CN(CC(=O)N(C)C)C[C@@H]1C(=O)c1nccs1.Cc1c(F)cccc1C1[C@@H](C(=O)c2nccs2)CN(CC(N)=O)C[C@@H]1C(=O)c1nccs1.Cc1c(F)cccc1C1[C@@H](C(=O)c2nccs2)CN(CCO)C[C@@H]1C(=O)c1nccs1. The number of aliphatic hydroxyl groups excluding tert-OH is 1. The molecular formula is C91H91F4N15O12S8. The van der Waals surface area contributed by atoms with Gasteiger partial charge in [-0.1, -0.05) is 48.5 Å². The maximum absolute atomic E-state index is 14.6. The molecule has 4 aromatic carbocycles. The normalized spacial score (nSPS) is 19.6. The fraction of sp³-hybridized carbons (Fsp3) is 0.352. The van der Waals surface area contributed by atoms with E-state index >= 15 is 0 Å². The van der Waals surface area contributed by atoms with Crippen LogP contribution in [0.5, 0.6) is 0 Å². The Morgan fingerprint density at radius 2 is 0.562 bits per heavy atom. The first-order valence-electron chi connectivity index (χ1n) is 41.2. The molecule has 4 aliphatic heterocycles. The van der Waals surface area contributed by atoms with E-state index in [1.165, 1.54) is 120 Å². The number of nitrogens with zero attached hydrogens (tertiary/aromatic N) is 13. The first kappa shape index (κ1) is 96.8. The molecule has 0 bridgehead atoms. The van der Waals surface area contributed by atoms with Gasteiger partial charge in [-0.2, -0.15) is 0 Å². The van der Waals surface area contributed by atoms with Crippen molar-refractivity contribution >= 4 is 155 Å². The fourth-order valence-corrected chi connectivity index (χ4v) is 22.9. The van der Waals surface area contributed by atoms with Gasteiger partial charge in [0, 0.05) is 244 Å². The summed E-state index contributed by atoms with van der Waals surface area (Å²) in [6.07, 6.45) is 12.5. The summed E-state index contributed by atoms with van der Waals surface area (Å²) in [5.41, 5.74) is 9.61. The lowest BCUT2D eigenvalue weighted by atomic mass is 9.69. The van der Waals surface area contributed by atoms with Crippen LogP contribution < -0.4 is 11.1 Å². The van der Waals surface area contributed by atoms with E-state index in [0.29, 0.717) is 104 Å². The van der Waals surface area contributed by atoms with Crippen LogP contribution in [-0.2, 0) is 14.4 Å². The number of nitrogens with two attached hydrogens (primary N) is 1. The van der Waals surface area contributed by atoms with Crippen molar-refractivity contribution < 1.29 is 75.4 Å². The Kier molecular flexibility index (Phi) is 33.1. The van der Waals surface area contributed by atoms with E-state index in [2.05, 4.69) is 45.2 Å². The number of piperidine rings is 4. The number of hydrogen-bond donors (Lipinski definition) is 3. The lowest BCUT2D eigenvalue weighted by Gasteiger charge is -2.43. The number of carbonyl (C=O) groups excluding carboxylic acids is 11. The lowest BCUT2D eigenvalue weighted by Crippen LogP contribution is -2.52. The molecule has 4 saturated heterocycles. The second kappa shape index (κ2) is 44.4. The van der Waals surface area contributed by atoms with Gasteiger partial charge in [0.15, 0.2) is 86.3 Å². The van der Waals surface area contributed by atoms with Crippen molar-refractivity contribution in [1.29, 1.82) is 0 Å². The van der Waals surface area contributed by atoms with E-state index in [0.717, 1.165) is 0 Å². The minimum Gasteiger partial charge on any atom is -0.395 e. The Morgan fingerprint density at radius 1 is 0.354 bits per heavy atom. The van der Waals surface area contributed by atoms with Crippen molar-refractivity contribution in [2.75, 3.05) is 106 Å². The summed E-state index contributed by atoms with van der Waals surface area (Å²) in [5.74, 6) is -11.6. The quantitative estimate of drug-likeness (QED) is 0.0303. The first-order valence-corrected chi connectivity index (χ1v) is 48.3. The van der Waals surface area contributed by atoms with Gasteiger partial charge in [-0.05, 0) is 96.5 Å². The second-order valence-electron chi connectivity index (χ2n) is 31.9. The number of thiazole rings is 8. The number of aromatic nitrogens is 8. The summed E-state index contributed by atoms with van der Waals surface area (Å²) >= 11 is 9.85. The largest absolute Gasteiger partial charge is 0.395 e. The van der Waals surface area contributed by atoms with Crippen molar-refractivity contribution in [3.8, 4) is 0 Å². The monoisotopic (exact) mass is 1920 g/mol. The molecule has 0 spiro atoms. The summed E-state index contributed by atoms with van der Waals surface area (Å²) in [6.45, 7) is 9.16. The number of β-amino-alcohol motifs (C(OH)–C–C–N with tert-alkyl or cyclic N) is 1. The molecule has 4 N–H and O–H groups in total. The highest BCUT2D eigenvalue weighted by Gasteiger charge is 2.52. The minimum atomic E-state index is -0.705. The van der Waals surface area contributed by atoms with Crippen molar-refractivity contribution in [1.82, 2.24) is 69.7 Å². The summed E-state index contributed by atoms with van der Waals surface area (Å²) in [6, 6.07) is 19.0. The van der Waals surface area contributed by atoms with Gasteiger partial charge < -0.3 is 21.1 Å². The molecule has 8 aromatic heterocycles. The third-order valence-electron chi connectivity index (χ3n) is 23.9. The lowest BCUT2D eigenvalue weighted by molar-refractivity contribution is -0.130. The standard InChI is InChI=1S/C24H25FN4O3S2.C23H23FN4O3S2.C22H21FN4O3S2.C22H22FN3O3S2/c1-14-15(5-4-6-18(14)25)20-16(21(31)23-26-7-9-33-23)11-29(13-19(30)28(2)3)12-17(20)22(32)24-27-8-10-34-24;1-13-14(4-3-5-17(13)24)19-15(20(30)22-26-6-8-32-22)10-28(12-18(29)25-2)11-16(19)21(31)23-27-7-9-33-23;1-12-13(3-2-4-16(12)23)18-14(19(29)21-25-5-7-31-21)9-27(11-17(24)28)10-15(18)20(30)22-26-6-8-32-22;1-13-14(3-2-4-17(13)23)18-15(19(28)21-24-5-9-30-21)11-26(7-8-27)12-16(18)20(29)22-25-6-10-31-22/h4-10,16-17,20H,11-13H2,1-3H3;3-9,15-16,19H,10-12H2,1-2H3,(H,25,29);2-8,14-15,18H,9-11H2,1H3,(H2,24,28);2-6,9-10,15-16,18,27H,7-8,11-12H2,1H3/t16-,17-;15-,16-;14-,15-;15-,16-/m0000/s1. The van der Waals surface area contributed by atoms with Gasteiger partial charge in [-0.15, -0.1) is 90.7 Å². The van der Waals surface area contributed by atoms with Crippen molar-refractivity contribution in [2.45, 2.75) is 51.4 Å². The number of likely N-dealkylation sites (N-methyl/N-ethyl adjacent to an activating group) is 2. The maximum atomic E-state index is 14.6. The number of aliphatic hydroxyl groups is 1. The number of benzene rings is 4. The van der Waals surface area contributed by atoms with Crippen LogP contribution in [0.3, 0.4) is 0 Å². The average molecular weight is 1920 g/mol. The molecule has 678 valence electrons. The van der Waals surface area contributed by atoms with Gasteiger partial charge in [-0.25, -0.2) is 57.4 Å². The molecule has 4 fully saturated rings. The van der Waals surface area contributed by atoms with E-state index < -0.39 is 82.7 Å². The van der Waals surface area contributed by atoms with Gasteiger partial charge in [0.2, 0.25) is 17.7 Å². The van der Waals surface area contributed by atoms with Crippen molar-refractivity contribution in [2.24, 2.45) is 53.1 Å². The van der Waals surface area contributed by atoms with E-state index in [1.807, 2.05) is 14.7 Å². The molecule has 27 nitrogen and oxygen atoms in total. The number of Topliss-reactive ketones (excluding diaryl/α,β-unsaturated/α-hetero) is 8. The average Bonchev–Trinajstić information content (AvgIpc) is 1.16. The Morgan fingerprint density at radius 3 is 0.746 bits per heavy atom. The number of nitrogens with one attached hydrogen (secondary N) is 1. The third-order valence-corrected chi connectivity index (χ3v) is 30.2. The van der Waals surface area contributed by atoms with Gasteiger partial charge in [0.25, 0.3) is 0 Å². The number of halogens is 4. The molecule has 12 heterocycles. The number of rotatable bonds is 28. The van der Waals surface area contributed by atoms with Crippen LogP contribution in [0, 0.1) is 98.3 Å². The summed E-state index contributed by atoms with van der Waals surface area (Å²) in [5, 5.41) is 28.6. The summed E-state index contributed by atoms with van der Waals surface area (Å²) in [4.78, 5) is 187. The Balaban J connectivity index is 0.000000148. The van der Waals surface area contributed by atoms with Crippen molar-refractivity contribution in [3.63, 3.8) is 0 Å². The molecule has 130 heavy (non-hydrogen) atoms. The number of amides is 3. The van der Waals surface area contributed by atoms with E-state index in [4.69, 9.17) is 5.73 Å². The van der Waals surface area contributed by atoms with Crippen LogP contribution >= 0.6 is 90.7 Å². The van der Waals surface area contributed by atoms with E-state index in [-0.39, 0.29) is 141 Å². The number of primary amides is 1. The highest BCUT2D eigenvalue weighted by Crippen LogP contribution is 2.48. The zero-order valence-corrected chi connectivity index (χ0v) is 77.9. The van der Waals surface area contributed by atoms with Crippen LogP contribution in [0.15, 0.2) is 165 Å². The molecule has 12 aromatic rings. The van der Waals surface area contributed by atoms with E-state index in [9.17, 15) is 75.4 Å². The molecule has 16 rings (SSSR count). The molecule has 39 heteroatoms. The van der Waals surface area contributed by atoms with Gasteiger partial charge in [0.1, 0.15) is 23.3 Å². The fourth-order valence-electron chi connectivity index (χ4n) is 17.8. The zero-order valence-electron chi connectivity index (χ0n) is 71.4. The molecule has 4 aliphatic rings. The van der Waals surface area contributed by atoms with Crippen LogP contribution in [0.2, 0.25) is 0 Å². The first-order chi connectivity index (χ1) is 62.5. The predicted octanol–water partition coefficient (Wildman–Crippen LogP) is 13.1. The van der Waals surface area contributed by atoms with Crippen LogP contribution in [0.4, 0.5) is 17.6 Å². The molecule has 3 amide bonds. The highest BCUT2D eigenvalue weighted by atomic mass is 32.1. The highest BCUT2D eigenvalue weighted by molar-refractivity contribution is 7.13. The van der Waals surface area contributed by atoms with E-state index in [1.54, 1.807) is 195 Å². The number of carbonyl (C=O) groups is 11. The summed E-state index contributed by atoms with van der Waals surface area (Å²) < 4.78 is 58.2.